The van der Waals surface area contributed by atoms with Crippen LogP contribution in [0.2, 0.25) is 0 Å². The molecule has 0 amide bonds. The van der Waals surface area contributed by atoms with E-state index in [4.69, 9.17) is 0 Å². The van der Waals surface area contributed by atoms with Gasteiger partial charge in [0.2, 0.25) is 0 Å². The van der Waals surface area contributed by atoms with Crippen molar-refractivity contribution in [2.75, 3.05) is 0 Å². The maximum atomic E-state index is 2.47. The number of rotatable bonds is 14. The second-order valence-electron chi connectivity index (χ2n) is 9.10. The fraction of sp³-hybridized carbons (Fsp3) is 0.586. The van der Waals surface area contributed by atoms with Crippen LogP contribution < -0.4 is 0 Å². The average Bonchev–Trinajstić information content (AvgIpc) is 3.12. The lowest BCUT2D eigenvalue weighted by molar-refractivity contribution is 0.598. The number of hydrogen-bond donors (Lipinski definition) is 0. The van der Waals surface area contributed by atoms with Crippen molar-refractivity contribution < 1.29 is 0 Å². The average molecular weight is 391 g/mol. The minimum Gasteiger partial charge on any atom is -0.0654 e. The van der Waals surface area contributed by atoms with Crippen LogP contribution in [0.25, 0.3) is 11.1 Å². The Morgan fingerprint density at radius 2 is 1.21 bits per heavy atom. The maximum Gasteiger partial charge on any atom is -0.00106 e. The van der Waals surface area contributed by atoms with Crippen molar-refractivity contribution in [3.05, 3.63) is 58.7 Å². The van der Waals surface area contributed by atoms with Gasteiger partial charge < -0.3 is 0 Å². The highest BCUT2D eigenvalue weighted by Gasteiger charge is 2.22. The Hall–Kier alpha value is -1.56. The summed E-state index contributed by atoms with van der Waals surface area (Å²) < 4.78 is 0. The van der Waals surface area contributed by atoms with Gasteiger partial charge in [0, 0.05) is 0 Å². The molecule has 0 saturated carbocycles. The van der Waals surface area contributed by atoms with Crippen LogP contribution in [0, 0.1) is 0 Å². The second kappa shape index (κ2) is 12.2. The number of benzene rings is 2. The van der Waals surface area contributed by atoms with Gasteiger partial charge in [0.05, 0.1) is 0 Å². The second-order valence-corrected chi connectivity index (χ2v) is 9.10. The van der Waals surface area contributed by atoms with Crippen molar-refractivity contribution >= 4 is 0 Å². The fourth-order valence-electron chi connectivity index (χ4n) is 5.05. The summed E-state index contributed by atoms with van der Waals surface area (Å²) in [5.74, 6) is 0. The third-order valence-electron chi connectivity index (χ3n) is 6.78. The van der Waals surface area contributed by atoms with Crippen LogP contribution in [-0.4, -0.2) is 0 Å². The number of fused-ring (bicyclic) bond motifs is 3. The molecule has 0 heterocycles. The van der Waals surface area contributed by atoms with Gasteiger partial charge in [0.15, 0.2) is 0 Å². The lowest BCUT2D eigenvalue weighted by Gasteiger charge is -2.15. The van der Waals surface area contributed by atoms with Gasteiger partial charge in [0.25, 0.3) is 0 Å². The van der Waals surface area contributed by atoms with E-state index in [1.54, 1.807) is 16.7 Å². The van der Waals surface area contributed by atoms with Crippen LogP contribution in [0.5, 0.6) is 0 Å². The van der Waals surface area contributed by atoms with Gasteiger partial charge in [0.1, 0.15) is 0 Å². The number of unbranched alkanes of at least 4 members (excludes halogenated alkanes) is 10. The van der Waals surface area contributed by atoms with Crippen LogP contribution >= 0.6 is 0 Å². The standard InChI is InChI=1S/C29H42/c1-3-5-7-9-11-13-17-24-21-22-28-27-20-16-15-18-25(27)23-29(28)26(24)19-14-12-10-8-6-4-2/h15-16,18,20-22H,3-14,17,19,23H2,1-2H3. The van der Waals surface area contributed by atoms with Gasteiger partial charge >= 0.3 is 0 Å². The van der Waals surface area contributed by atoms with Crippen LogP contribution in [0.3, 0.4) is 0 Å². The van der Waals surface area contributed by atoms with Crippen LogP contribution in [0.15, 0.2) is 36.4 Å². The molecule has 0 heteroatoms. The Balaban J connectivity index is 1.66. The molecule has 1 aliphatic carbocycles. The zero-order valence-corrected chi connectivity index (χ0v) is 19.1. The molecule has 158 valence electrons. The maximum absolute atomic E-state index is 2.47. The summed E-state index contributed by atoms with van der Waals surface area (Å²) in [6, 6.07) is 14.0. The minimum absolute atomic E-state index is 1.15. The molecule has 0 unspecified atom stereocenters. The van der Waals surface area contributed by atoms with Crippen LogP contribution in [0.1, 0.15) is 113 Å². The topological polar surface area (TPSA) is 0 Å². The van der Waals surface area contributed by atoms with Crippen molar-refractivity contribution in [1.82, 2.24) is 0 Å². The third kappa shape index (κ3) is 6.21. The van der Waals surface area contributed by atoms with Crippen molar-refractivity contribution in [2.45, 2.75) is 110 Å². The number of hydrogen-bond acceptors (Lipinski definition) is 0. The third-order valence-corrected chi connectivity index (χ3v) is 6.78. The molecule has 2 aromatic carbocycles. The molecule has 0 nitrogen and oxygen atoms in total. The van der Waals surface area contributed by atoms with E-state index in [2.05, 4.69) is 50.2 Å². The Morgan fingerprint density at radius 3 is 1.93 bits per heavy atom. The zero-order valence-electron chi connectivity index (χ0n) is 19.1. The van der Waals surface area contributed by atoms with Gasteiger partial charge in [-0.05, 0) is 65.5 Å². The van der Waals surface area contributed by atoms with E-state index in [1.165, 1.54) is 107 Å². The van der Waals surface area contributed by atoms with Crippen molar-refractivity contribution in [3.8, 4) is 11.1 Å². The lowest BCUT2D eigenvalue weighted by Crippen LogP contribution is -2.01. The van der Waals surface area contributed by atoms with E-state index < -0.39 is 0 Å². The molecule has 0 N–H and O–H groups in total. The Morgan fingerprint density at radius 1 is 0.586 bits per heavy atom. The first kappa shape index (κ1) is 22.1. The summed E-state index contributed by atoms with van der Waals surface area (Å²) in [6.07, 6.45) is 20.4. The molecule has 1 aliphatic rings. The molecule has 0 atom stereocenters. The molecule has 0 aliphatic heterocycles. The first-order valence-corrected chi connectivity index (χ1v) is 12.6. The van der Waals surface area contributed by atoms with Gasteiger partial charge in [-0.1, -0.05) is 114 Å². The van der Waals surface area contributed by atoms with E-state index in [0.717, 1.165) is 6.42 Å². The Bertz CT molecular complexity index is 740. The molecule has 0 radical (unpaired) electrons. The largest absolute Gasteiger partial charge is 0.0654 e. The quantitative estimate of drug-likeness (QED) is 0.241. The highest BCUT2D eigenvalue weighted by Crippen LogP contribution is 2.40. The highest BCUT2D eigenvalue weighted by atomic mass is 14.3. The van der Waals surface area contributed by atoms with Crippen molar-refractivity contribution in [2.24, 2.45) is 0 Å². The van der Waals surface area contributed by atoms with Crippen LogP contribution in [-0.2, 0) is 19.3 Å². The first-order valence-electron chi connectivity index (χ1n) is 12.6. The van der Waals surface area contributed by atoms with E-state index in [-0.39, 0.29) is 0 Å². The van der Waals surface area contributed by atoms with E-state index in [0.29, 0.717) is 0 Å². The van der Waals surface area contributed by atoms with E-state index >= 15 is 0 Å². The fourth-order valence-corrected chi connectivity index (χ4v) is 5.05. The number of aryl methyl sites for hydroxylation is 1. The summed E-state index contributed by atoms with van der Waals surface area (Å²) in [6.45, 7) is 4.61. The molecule has 3 rings (SSSR count). The molecule has 2 aromatic rings. The summed E-state index contributed by atoms with van der Waals surface area (Å²) >= 11 is 0. The molecular formula is C29H42. The predicted molar refractivity (Wildman–Crippen MR) is 129 cm³/mol. The van der Waals surface area contributed by atoms with Crippen LogP contribution in [0.4, 0.5) is 0 Å². The summed E-state index contributed by atoms with van der Waals surface area (Å²) in [5, 5.41) is 0. The summed E-state index contributed by atoms with van der Waals surface area (Å²) in [5.41, 5.74) is 9.56. The van der Waals surface area contributed by atoms with Crippen molar-refractivity contribution in [3.63, 3.8) is 0 Å². The van der Waals surface area contributed by atoms with Gasteiger partial charge in [-0.3, -0.25) is 0 Å². The molecule has 29 heavy (non-hydrogen) atoms. The molecular weight excluding hydrogens is 348 g/mol. The predicted octanol–water partition coefficient (Wildman–Crippen LogP) is 9.06. The smallest absolute Gasteiger partial charge is 0.00106 e. The molecule has 0 fully saturated rings. The monoisotopic (exact) mass is 390 g/mol. The minimum atomic E-state index is 1.15. The van der Waals surface area contributed by atoms with E-state index in [9.17, 15) is 0 Å². The Kier molecular flexibility index (Phi) is 9.32. The van der Waals surface area contributed by atoms with Crippen molar-refractivity contribution in [1.29, 1.82) is 0 Å². The SMILES string of the molecule is CCCCCCCCc1ccc2c(c1CCCCCCCC)Cc1ccccc1-2. The van der Waals surface area contributed by atoms with Gasteiger partial charge in [-0.25, -0.2) is 0 Å². The van der Waals surface area contributed by atoms with Gasteiger partial charge in [-0.15, -0.1) is 0 Å². The zero-order chi connectivity index (χ0) is 20.3. The summed E-state index contributed by atoms with van der Waals surface area (Å²) in [7, 11) is 0. The highest BCUT2D eigenvalue weighted by molar-refractivity contribution is 5.78. The van der Waals surface area contributed by atoms with E-state index in [1.807, 2.05) is 0 Å². The summed E-state index contributed by atoms with van der Waals surface area (Å²) in [4.78, 5) is 0. The molecule has 0 bridgehead atoms. The Labute approximate surface area is 180 Å². The first-order chi connectivity index (χ1) is 14.3. The van der Waals surface area contributed by atoms with Gasteiger partial charge in [-0.2, -0.15) is 0 Å². The normalized spacial score (nSPS) is 12.2. The molecule has 0 aromatic heterocycles. The molecule has 0 spiro atoms. The lowest BCUT2D eigenvalue weighted by atomic mass is 9.89. The molecule has 0 saturated heterocycles.